The Morgan fingerprint density at radius 3 is 2.44 bits per heavy atom. The molecule has 0 bridgehead atoms. The van der Waals surface area contributed by atoms with Crippen LogP contribution in [0.1, 0.15) is 11.4 Å². The minimum Gasteiger partial charge on any atom is -0.454 e. The van der Waals surface area contributed by atoms with Gasteiger partial charge in [0.2, 0.25) is 0 Å². The molecule has 1 aromatic carbocycles. The second kappa shape index (κ2) is 4.18. The summed E-state index contributed by atoms with van der Waals surface area (Å²) in [5, 5.41) is 0. The molecule has 2 rings (SSSR count). The second-order valence-electron chi connectivity index (χ2n) is 3.59. The molecular formula is C12H13N3O. The molecule has 1 heterocycles. The average Bonchev–Trinajstić information content (AvgIpc) is 2.25. The number of rotatable bonds is 2. The van der Waals surface area contributed by atoms with Gasteiger partial charge in [0.05, 0.1) is 12.4 Å². The summed E-state index contributed by atoms with van der Waals surface area (Å²) in [5.74, 6) is 2.11. The minimum atomic E-state index is 0.624. The maximum Gasteiger partial charge on any atom is 0.164 e. The van der Waals surface area contributed by atoms with Gasteiger partial charge in [-0.1, -0.05) is 0 Å². The summed E-state index contributed by atoms with van der Waals surface area (Å²) in [5.41, 5.74) is 7.37. The van der Waals surface area contributed by atoms with Crippen LogP contribution in [-0.4, -0.2) is 9.97 Å². The van der Waals surface area contributed by atoms with Gasteiger partial charge in [-0.2, -0.15) is 0 Å². The van der Waals surface area contributed by atoms with E-state index in [0.29, 0.717) is 5.75 Å². The summed E-state index contributed by atoms with van der Waals surface area (Å²) in [6.45, 7) is 3.78. The number of ether oxygens (including phenoxy) is 1. The molecule has 0 saturated heterocycles. The Bertz CT molecular complexity index is 494. The molecule has 2 aromatic rings. The van der Waals surface area contributed by atoms with Crippen LogP contribution in [0.3, 0.4) is 0 Å². The molecule has 0 unspecified atom stereocenters. The number of hydrogen-bond donors (Lipinski definition) is 1. The van der Waals surface area contributed by atoms with Gasteiger partial charge in [0.1, 0.15) is 11.6 Å². The van der Waals surface area contributed by atoms with Crippen molar-refractivity contribution in [3.63, 3.8) is 0 Å². The zero-order valence-electron chi connectivity index (χ0n) is 9.27. The first-order valence-electron chi connectivity index (χ1n) is 4.98. The van der Waals surface area contributed by atoms with E-state index in [-0.39, 0.29) is 0 Å². The summed E-state index contributed by atoms with van der Waals surface area (Å²) in [6.07, 6.45) is 3.30. The van der Waals surface area contributed by atoms with E-state index < -0.39 is 0 Å². The van der Waals surface area contributed by atoms with Gasteiger partial charge in [-0.15, -0.1) is 0 Å². The normalized spacial score (nSPS) is 10.1. The number of hydrogen-bond acceptors (Lipinski definition) is 4. The maximum absolute atomic E-state index is 5.66. The van der Waals surface area contributed by atoms with Gasteiger partial charge in [0.15, 0.2) is 5.75 Å². The highest BCUT2D eigenvalue weighted by molar-refractivity contribution is 5.48. The first-order valence-corrected chi connectivity index (χ1v) is 4.98. The highest BCUT2D eigenvalue weighted by Crippen LogP contribution is 2.25. The molecule has 4 nitrogen and oxygen atoms in total. The molecule has 0 aliphatic heterocycles. The third-order valence-electron chi connectivity index (χ3n) is 2.18. The fourth-order valence-electron chi connectivity index (χ4n) is 1.35. The molecule has 0 aliphatic carbocycles. The van der Waals surface area contributed by atoms with E-state index in [1.165, 1.54) is 0 Å². The van der Waals surface area contributed by atoms with E-state index in [9.17, 15) is 0 Å². The van der Waals surface area contributed by atoms with Gasteiger partial charge >= 0.3 is 0 Å². The summed E-state index contributed by atoms with van der Waals surface area (Å²) in [7, 11) is 0. The lowest BCUT2D eigenvalue weighted by atomic mass is 10.2. The Hall–Kier alpha value is -2.10. The molecule has 1 aromatic heterocycles. The number of nitrogens with zero attached hydrogens (tertiary/aromatic N) is 2. The van der Waals surface area contributed by atoms with Crippen LogP contribution in [0.4, 0.5) is 5.69 Å². The topological polar surface area (TPSA) is 61.0 Å². The molecule has 0 radical (unpaired) electrons. The lowest BCUT2D eigenvalue weighted by Crippen LogP contribution is -1.93. The zero-order chi connectivity index (χ0) is 11.5. The van der Waals surface area contributed by atoms with Crippen molar-refractivity contribution >= 4 is 5.69 Å². The Morgan fingerprint density at radius 2 is 1.81 bits per heavy atom. The molecule has 0 saturated carbocycles. The number of benzene rings is 1. The van der Waals surface area contributed by atoms with Gasteiger partial charge in [-0.25, -0.2) is 9.97 Å². The molecule has 82 valence electrons. The van der Waals surface area contributed by atoms with Crippen LogP contribution >= 0.6 is 0 Å². The van der Waals surface area contributed by atoms with Crippen LogP contribution in [0.2, 0.25) is 0 Å². The SMILES string of the molecule is Cc1ncc(Oc2ccc(N)cc2C)cn1. The fraction of sp³-hybridized carbons (Fsp3) is 0.167. The number of anilines is 1. The molecule has 0 amide bonds. The second-order valence-corrected chi connectivity index (χ2v) is 3.59. The van der Waals surface area contributed by atoms with Crippen molar-refractivity contribution in [3.8, 4) is 11.5 Å². The third-order valence-corrected chi connectivity index (χ3v) is 2.18. The van der Waals surface area contributed by atoms with Crippen LogP contribution in [0, 0.1) is 13.8 Å². The highest BCUT2D eigenvalue weighted by atomic mass is 16.5. The van der Waals surface area contributed by atoms with Gasteiger partial charge in [0.25, 0.3) is 0 Å². The monoisotopic (exact) mass is 215 g/mol. The van der Waals surface area contributed by atoms with Crippen LogP contribution in [0.25, 0.3) is 0 Å². The van der Waals surface area contributed by atoms with E-state index in [0.717, 1.165) is 22.8 Å². The lowest BCUT2D eigenvalue weighted by Gasteiger charge is -2.08. The van der Waals surface area contributed by atoms with E-state index in [2.05, 4.69) is 9.97 Å². The maximum atomic E-state index is 5.66. The van der Waals surface area contributed by atoms with Crippen molar-refractivity contribution in [2.75, 3.05) is 5.73 Å². The highest BCUT2D eigenvalue weighted by Gasteiger charge is 2.02. The minimum absolute atomic E-state index is 0.624. The molecule has 16 heavy (non-hydrogen) atoms. The summed E-state index contributed by atoms with van der Waals surface area (Å²) < 4.78 is 5.64. The van der Waals surface area contributed by atoms with Crippen LogP contribution < -0.4 is 10.5 Å². The standard InChI is InChI=1S/C12H13N3O/c1-8-5-10(13)3-4-12(8)16-11-6-14-9(2)15-7-11/h3-7H,13H2,1-2H3. The third kappa shape index (κ3) is 2.28. The number of aryl methyl sites for hydroxylation is 2. The Labute approximate surface area is 94.1 Å². The lowest BCUT2D eigenvalue weighted by molar-refractivity contribution is 0.473. The average molecular weight is 215 g/mol. The quantitative estimate of drug-likeness (QED) is 0.782. The number of aromatic nitrogens is 2. The molecule has 0 aliphatic rings. The van der Waals surface area contributed by atoms with E-state index >= 15 is 0 Å². The van der Waals surface area contributed by atoms with Gasteiger partial charge in [-0.3, -0.25) is 0 Å². The number of nitrogens with two attached hydrogens (primary N) is 1. The first kappa shape index (κ1) is 10.4. The van der Waals surface area contributed by atoms with Crippen molar-refractivity contribution in [2.45, 2.75) is 13.8 Å². The van der Waals surface area contributed by atoms with Gasteiger partial charge < -0.3 is 10.5 Å². The predicted octanol–water partition coefficient (Wildman–Crippen LogP) is 2.47. The predicted molar refractivity (Wildman–Crippen MR) is 62.4 cm³/mol. The van der Waals surface area contributed by atoms with E-state index in [1.807, 2.05) is 26.0 Å². The Balaban J connectivity index is 2.23. The summed E-state index contributed by atoms with van der Waals surface area (Å²) in [4.78, 5) is 8.12. The van der Waals surface area contributed by atoms with Crippen LogP contribution in [-0.2, 0) is 0 Å². The van der Waals surface area contributed by atoms with Crippen LogP contribution in [0.5, 0.6) is 11.5 Å². The van der Waals surface area contributed by atoms with E-state index in [4.69, 9.17) is 10.5 Å². The van der Waals surface area contributed by atoms with Crippen molar-refractivity contribution in [1.29, 1.82) is 0 Å². The molecule has 0 spiro atoms. The zero-order valence-corrected chi connectivity index (χ0v) is 9.27. The molecule has 0 fully saturated rings. The molecule has 2 N–H and O–H groups in total. The molecule has 4 heteroatoms. The first-order chi connectivity index (χ1) is 7.65. The van der Waals surface area contributed by atoms with Crippen molar-refractivity contribution < 1.29 is 4.74 Å². The van der Waals surface area contributed by atoms with Crippen molar-refractivity contribution in [3.05, 3.63) is 42.0 Å². The summed E-state index contributed by atoms with van der Waals surface area (Å²) >= 11 is 0. The van der Waals surface area contributed by atoms with Gasteiger partial charge in [0, 0.05) is 5.69 Å². The fourth-order valence-corrected chi connectivity index (χ4v) is 1.35. The van der Waals surface area contributed by atoms with Crippen molar-refractivity contribution in [2.24, 2.45) is 0 Å². The van der Waals surface area contributed by atoms with E-state index in [1.54, 1.807) is 18.5 Å². The molecular weight excluding hydrogens is 202 g/mol. The van der Waals surface area contributed by atoms with Crippen molar-refractivity contribution in [1.82, 2.24) is 9.97 Å². The number of nitrogen functional groups attached to an aromatic ring is 1. The molecule has 0 atom stereocenters. The van der Waals surface area contributed by atoms with Gasteiger partial charge in [-0.05, 0) is 37.6 Å². The smallest absolute Gasteiger partial charge is 0.164 e. The largest absolute Gasteiger partial charge is 0.454 e. The Kier molecular flexibility index (Phi) is 2.72. The summed E-state index contributed by atoms with van der Waals surface area (Å²) in [6, 6.07) is 5.51. The van der Waals surface area contributed by atoms with Crippen LogP contribution in [0.15, 0.2) is 30.6 Å². The Morgan fingerprint density at radius 1 is 1.12 bits per heavy atom.